The first-order valence-corrected chi connectivity index (χ1v) is 6.34. The average molecular weight is 301 g/mol. The van der Waals surface area contributed by atoms with E-state index in [1.165, 1.54) is 32.8 Å². The van der Waals surface area contributed by atoms with Crippen LogP contribution in [-0.4, -0.2) is 36.4 Å². The quantitative estimate of drug-likeness (QED) is 0.646. The maximum Gasteiger partial charge on any atom is 0.271 e. The summed E-state index contributed by atoms with van der Waals surface area (Å²) in [5.41, 5.74) is 3.45. The summed E-state index contributed by atoms with van der Waals surface area (Å²) in [5, 5.41) is 13.7. The number of aromatic hydroxyl groups is 1. The van der Waals surface area contributed by atoms with Gasteiger partial charge in [-0.15, -0.1) is 0 Å². The fourth-order valence-electron chi connectivity index (χ4n) is 1.72. The molecule has 0 bridgehead atoms. The molecule has 22 heavy (non-hydrogen) atoms. The number of phenols is 1. The smallest absolute Gasteiger partial charge is 0.271 e. The zero-order valence-corrected chi connectivity index (χ0v) is 12.1. The number of hydrogen-bond acceptors (Lipinski definition) is 6. The first kappa shape index (κ1) is 15.3. The third-order valence-electron chi connectivity index (χ3n) is 2.82. The third-order valence-corrected chi connectivity index (χ3v) is 2.82. The van der Waals surface area contributed by atoms with Gasteiger partial charge in [-0.25, -0.2) is 5.43 Å². The Morgan fingerprint density at radius 1 is 1.23 bits per heavy atom. The Balaban J connectivity index is 2.12. The molecule has 1 aromatic heterocycles. The van der Waals surface area contributed by atoms with Crippen LogP contribution in [-0.2, 0) is 0 Å². The summed E-state index contributed by atoms with van der Waals surface area (Å²) in [6.45, 7) is 0. The maximum atomic E-state index is 11.8. The zero-order valence-electron chi connectivity index (χ0n) is 12.1. The molecule has 0 saturated heterocycles. The van der Waals surface area contributed by atoms with E-state index in [0.717, 1.165) is 0 Å². The molecule has 2 rings (SSSR count). The highest BCUT2D eigenvalue weighted by Crippen LogP contribution is 2.36. The summed E-state index contributed by atoms with van der Waals surface area (Å²) in [6, 6.07) is 6.30. The van der Waals surface area contributed by atoms with Crippen LogP contribution in [0.5, 0.6) is 17.2 Å². The van der Waals surface area contributed by atoms with Crippen LogP contribution < -0.4 is 14.9 Å². The Hall–Kier alpha value is -3.09. The monoisotopic (exact) mass is 301 g/mol. The van der Waals surface area contributed by atoms with E-state index in [-0.39, 0.29) is 23.2 Å². The fraction of sp³-hybridized carbons (Fsp3) is 0.133. The van der Waals surface area contributed by atoms with Crippen LogP contribution in [0.25, 0.3) is 0 Å². The number of amides is 1. The molecule has 7 nitrogen and oxygen atoms in total. The standard InChI is InChI=1S/C15H15N3O4/c1-21-12-7-10(8-13(22-2)14(12)19)9-17-18-15(20)11-3-5-16-6-4-11/h3-9,19H,1-2H3,(H,18,20). The molecule has 1 amide bonds. The summed E-state index contributed by atoms with van der Waals surface area (Å²) < 4.78 is 10.1. The molecule has 0 aliphatic carbocycles. The van der Waals surface area contributed by atoms with Gasteiger partial charge in [0, 0.05) is 23.5 Å². The molecule has 0 atom stereocenters. The third kappa shape index (κ3) is 3.51. The molecule has 0 aliphatic rings. The molecule has 0 fully saturated rings. The molecule has 1 aromatic carbocycles. The predicted octanol–water partition coefficient (Wildman–Crippen LogP) is 1.57. The van der Waals surface area contributed by atoms with E-state index >= 15 is 0 Å². The predicted molar refractivity (Wildman–Crippen MR) is 80.5 cm³/mol. The largest absolute Gasteiger partial charge is 0.502 e. The van der Waals surface area contributed by atoms with Crippen LogP contribution in [0.4, 0.5) is 0 Å². The molecule has 2 aromatic rings. The van der Waals surface area contributed by atoms with E-state index < -0.39 is 0 Å². The van der Waals surface area contributed by atoms with Gasteiger partial charge in [-0.05, 0) is 24.3 Å². The highest BCUT2D eigenvalue weighted by molar-refractivity contribution is 5.94. The van der Waals surface area contributed by atoms with Crippen molar-refractivity contribution in [2.45, 2.75) is 0 Å². The van der Waals surface area contributed by atoms with E-state index in [1.807, 2.05) is 0 Å². The lowest BCUT2D eigenvalue weighted by atomic mass is 10.2. The Kier molecular flexibility index (Phi) is 4.92. The summed E-state index contributed by atoms with van der Waals surface area (Å²) in [4.78, 5) is 15.6. The SMILES string of the molecule is COc1cc(C=NNC(=O)c2ccncc2)cc(OC)c1O. The van der Waals surface area contributed by atoms with Gasteiger partial charge in [-0.3, -0.25) is 9.78 Å². The van der Waals surface area contributed by atoms with Crippen molar-refractivity contribution in [2.24, 2.45) is 5.10 Å². The lowest BCUT2D eigenvalue weighted by Crippen LogP contribution is -2.17. The number of nitrogens with zero attached hydrogens (tertiary/aromatic N) is 2. The van der Waals surface area contributed by atoms with Crippen molar-refractivity contribution >= 4 is 12.1 Å². The Morgan fingerprint density at radius 3 is 2.36 bits per heavy atom. The number of carbonyl (C=O) groups excluding carboxylic acids is 1. The number of benzene rings is 1. The van der Waals surface area contributed by atoms with E-state index in [9.17, 15) is 9.90 Å². The van der Waals surface area contributed by atoms with E-state index in [2.05, 4.69) is 15.5 Å². The lowest BCUT2D eigenvalue weighted by Gasteiger charge is -2.09. The van der Waals surface area contributed by atoms with Crippen molar-refractivity contribution in [1.29, 1.82) is 0 Å². The number of carbonyl (C=O) groups is 1. The van der Waals surface area contributed by atoms with Crippen LogP contribution in [0.15, 0.2) is 41.8 Å². The fourth-order valence-corrected chi connectivity index (χ4v) is 1.72. The maximum absolute atomic E-state index is 11.8. The Bertz CT molecular complexity index is 661. The minimum Gasteiger partial charge on any atom is -0.502 e. The topological polar surface area (TPSA) is 93.0 Å². The second-order valence-electron chi connectivity index (χ2n) is 4.21. The number of aromatic nitrogens is 1. The van der Waals surface area contributed by atoms with Crippen molar-refractivity contribution in [3.05, 3.63) is 47.8 Å². The number of phenolic OH excluding ortho intramolecular Hbond substituents is 1. The average Bonchev–Trinajstić information content (AvgIpc) is 2.56. The normalized spacial score (nSPS) is 10.5. The molecule has 0 spiro atoms. The lowest BCUT2D eigenvalue weighted by molar-refractivity contribution is 0.0955. The second-order valence-corrected chi connectivity index (χ2v) is 4.21. The van der Waals surface area contributed by atoms with E-state index in [4.69, 9.17) is 9.47 Å². The molecular formula is C15H15N3O4. The number of hydrazone groups is 1. The minimum absolute atomic E-state index is 0.0945. The number of hydrogen-bond donors (Lipinski definition) is 2. The molecule has 114 valence electrons. The Morgan fingerprint density at radius 2 is 1.82 bits per heavy atom. The summed E-state index contributed by atoms with van der Waals surface area (Å²) in [6.07, 6.45) is 4.46. The van der Waals surface area contributed by atoms with Crippen molar-refractivity contribution in [3.63, 3.8) is 0 Å². The first-order valence-electron chi connectivity index (χ1n) is 6.34. The minimum atomic E-state index is -0.351. The number of ether oxygens (including phenoxy) is 2. The van der Waals surface area contributed by atoms with Gasteiger partial charge in [-0.2, -0.15) is 5.10 Å². The molecule has 0 radical (unpaired) electrons. The van der Waals surface area contributed by atoms with Gasteiger partial charge in [0.05, 0.1) is 20.4 Å². The molecule has 0 saturated carbocycles. The van der Waals surface area contributed by atoms with Gasteiger partial charge < -0.3 is 14.6 Å². The van der Waals surface area contributed by atoms with E-state index in [1.54, 1.807) is 24.3 Å². The highest BCUT2D eigenvalue weighted by Gasteiger charge is 2.10. The molecule has 0 unspecified atom stereocenters. The van der Waals surface area contributed by atoms with Crippen molar-refractivity contribution in [1.82, 2.24) is 10.4 Å². The van der Waals surface area contributed by atoms with Gasteiger partial charge in [0.1, 0.15) is 0 Å². The van der Waals surface area contributed by atoms with Crippen LogP contribution in [0.2, 0.25) is 0 Å². The molecule has 2 N–H and O–H groups in total. The van der Waals surface area contributed by atoms with Crippen molar-refractivity contribution in [2.75, 3.05) is 14.2 Å². The van der Waals surface area contributed by atoms with Crippen molar-refractivity contribution < 1.29 is 19.4 Å². The van der Waals surface area contributed by atoms with Crippen LogP contribution in [0.1, 0.15) is 15.9 Å². The van der Waals surface area contributed by atoms with Crippen LogP contribution in [0, 0.1) is 0 Å². The zero-order chi connectivity index (χ0) is 15.9. The molecule has 0 aliphatic heterocycles. The van der Waals surface area contributed by atoms with Crippen molar-refractivity contribution in [3.8, 4) is 17.2 Å². The first-order chi connectivity index (χ1) is 10.7. The number of pyridine rings is 1. The number of rotatable bonds is 5. The van der Waals surface area contributed by atoms with Gasteiger partial charge in [0.15, 0.2) is 11.5 Å². The van der Waals surface area contributed by atoms with Gasteiger partial charge in [0.25, 0.3) is 5.91 Å². The van der Waals surface area contributed by atoms with Gasteiger partial charge in [0.2, 0.25) is 5.75 Å². The Labute approximate surface area is 127 Å². The molecule has 7 heteroatoms. The summed E-state index contributed by atoms with van der Waals surface area (Å²) >= 11 is 0. The summed E-state index contributed by atoms with van der Waals surface area (Å²) in [7, 11) is 2.86. The highest BCUT2D eigenvalue weighted by atomic mass is 16.5. The van der Waals surface area contributed by atoms with Gasteiger partial charge >= 0.3 is 0 Å². The van der Waals surface area contributed by atoms with Crippen LogP contribution >= 0.6 is 0 Å². The molecular weight excluding hydrogens is 286 g/mol. The van der Waals surface area contributed by atoms with E-state index in [0.29, 0.717) is 11.1 Å². The molecule has 1 heterocycles. The second kappa shape index (κ2) is 7.07. The number of methoxy groups -OCH3 is 2. The number of nitrogens with one attached hydrogen (secondary N) is 1. The van der Waals surface area contributed by atoms with Gasteiger partial charge in [-0.1, -0.05) is 0 Å². The van der Waals surface area contributed by atoms with Crippen LogP contribution in [0.3, 0.4) is 0 Å². The summed E-state index contributed by atoms with van der Waals surface area (Å²) in [5.74, 6) is 0.0573.